The lowest BCUT2D eigenvalue weighted by atomic mass is 10.1. The summed E-state index contributed by atoms with van der Waals surface area (Å²) in [5.41, 5.74) is 1.09. The number of nitrogens with zero attached hydrogens (tertiary/aromatic N) is 2. The Morgan fingerprint density at radius 2 is 2.24 bits per heavy atom. The van der Waals surface area contributed by atoms with Crippen LogP contribution in [0.3, 0.4) is 0 Å². The van der Waals surface area contributed by atoms with Crippen LogP contribution in [0.4, 0.5) is 0 Å². The fraction of sp³-hybridized carbons (Fsp3) is 0.462. The maximum absolute atomic E-state index is 5.39. The Morgan fingerprint density at radius 3 is 3.00 bits per heavy atom. The Labute approximate surface area is 102 Å². The van der Waals surface area contributed by atoms with E-state index in [0.29, 0.717) is 0 Å². The van der Waals surface area contributed by atoms with Crippen LogP contribution in [-0.4, -0.2) is 51.1 Å². The maximum Gasteiger partial charge on any atom is 0.134 e. The van der Waals surface area contributed by atoms with Crippen LogP contribution in [-0.2, 0) is 0 Å². The molecular formula is C13H19N3O. The molecule has 0 amide bonds. The second-order valence-corrected chi connectivity index (χ2v) is 4.00. The number of likely N-dealkylation sites (N-methyl/N-ethyl adjacent to an activating group) is 1. The molecule has 1 aromatic carbocycles. The molecule has 0 radical (unpaired) electrons. The molecule has 92 valence electrons. The second kappa shape index (κ2) is 5.68. The van der Waals surface area contributed by atoms with Crippen LogP contribution in [0.15, 0.2) is 29.3 Å². The Bertz CT molecular complexity index is 403. The molecule has 1 N–H and O–H groups in total. The van der Waals surface area contributed by atoms with Crippen LogP contribution in [0, 0.1) is 0 Å². The summed E-state index contributed by atoms with van der Waals surface area (Å²) in [6.45, 7) is 3.81. The van der Waals surface area contributed by atoms with Crippen molar-refractivity contribution in [3.8, 4) is 5.75 Å². The standard InChI is InChI=1S/C13H19N3O/c1-14-7-9-16-10-8-15-13(16)11-5-3-4-6-12(11)17-2/h3-6,14H,7-10H2,1-2H3. The Morgan fingerprint density at radius 1 is 1.41 bits per heavy atom. The van der Waals surface area contributed by atoms with E-state index >= 15 is 0 Å². The molecule has 0 saturated carbocycles. The van der Waals surface area contributed by atoms with Crippen LogP contribution >= 0.6 is 0 Å². The van der Waals surface area contributed by atoms with Gasteiger partial charge in [-0.3, -0.25) is 4.99 Å². The van der Waals surface area contributed by atoms with Crippen LogP contribution < -0.4 is 10.1 Å². The number of rotatable bonds is 5. The first-order chi connectivity index (χ1) is 8.36. The van der Waals surface area contributed by atoms with Gasteiger partial charge in [0, 0.05) is 19.6 Å². The van der Waals surface area contributed by atoms with Crippen LogP contribution in [0.1, 0.15) is 5.56 Å². The molecule has 1 aromatic rings. The highest BCUT2D eigenvalue weighted by molar-refractivity contribution is 6.02. The van der Waals surface area contributed by atoms with E-state index in [4.69, 9.17) is 4.74 Å². The molecule has 1 heterocycles. The maximum atomic E-state index is 5.39. The molecule has 1 aliphatic heterocycles. The third-order valence-electron chi connectivity index (χ3n) is 2.91. The lowest BCUT2D eigenvalue weighted by Crippen LogP contribution is -2.34. The molecule has 0 aromatic heterocycles. The topological polar surface area (TPSA) is 36.9 Å². The minimum atomic E-state index is 0.872. The van der Waals surface area contributed by atoms with Gasteiger partial charge in [0.05, 0.1) is 19.2 Å². The average molecular weight is 233 g/mol. The lowest BCUT2D eigenvalue weighted by Gasteiger charge is -2.21. The molecule has 0 unspecified atom stereocenters. The number of para-hydroxylation sites is 1. The van der Waals surface area contributed by atoms with Gasteiger partial charge in [-0.05, 0) is 19.2 Å². The van der Waals surface area contributed by atoms with Crippen molar-refractivity contribution in [2.75, 3.05) is 40.3 Å². The van der Waals surface area contributed by atoms with E-state index in [-0.39, 0.29) is 0 Å². The minimum Gasteiger partial charge on any atom is -0.496 e. The first-order valence-corrected chi connectivity index (χ1v) is 5.94. The van der Waals surface area contributed by atoms with Crippen molar-refractivity contribution in [3.05, 3.63) is 29.8 Å². The molecule has 1 aliphatic rings. The molecule has 2 rings (SSSR count). The predicted molar refractivity (Wildman–Crippen MR) is 69.9 cm³/mol. The van der Waals surface area contributed by atoms with E-state index in [1.165, 1.54) is 0 Å². The normalized spacial score (nSPS) is 14.9. The van der Waals surface area contributed by atoms with Gasteiger partial charge in [0.15, 0.2) is 0 Å². The molecular weight excluding hydrogens is 214 g/mol. The van der Waals surface area contributed by atoms with Crippen molar-refractivity contribution in [2.45, 2.75) is 0 Å². The number of methoxy groups -OCH3 is 1. The summed E-state index contributed by atoms with van der Waals surface area (Å²) < 4.78 is 5.39. The summed E-state index contributed by atoms with van der Waals surface area (Å²) >= 11 is 0. The smallest absolute Gasteiger partial charge is 0.134 e. The number of aliphatic imine (C=N–C) groups is 1. The minimum absolute atomic E-state index is 0.872. The van der Waals surface area contributed by atoms with Crippen molar-refractivity contribution in [3.63, 3.8) is 0 Å². The summed E-state index contributed by atoms with van der Waals surface area (Å²) in [4.78, 5) is 6.88. The molecule has 4 nitrogen and oxygen atoms in total. The lowest BCUT2D eigenvalue weighted by molar-refractivity contribution is 0.410. The van der Waals surface area contributed by atoms with Crippen molar-refractivity contribution in [2.24, 2.45) is 4.99 Å². The molecule has 0 atom stereocenters. The molecule has 17 heavy (non-hydrogen) atoms. The van der Waals surface area contributed by atoms with Gasteiger partial charge in [-0.15, -0.1) is 0 Å². The summed E-state index contributed by atoms with van der Waals surface area (Å²) in [5.74, 6) is 1.94. The van der Waals surface area contributed by atoms with E-state index in [9.17, 15) is 0 Å². The Kier molecular flexibility index (Phi) is 3.98. The summed E-state index contributed by atoms with van der Waals surface area (Å²) in [6, 6.07) is 8.05. The summed E-state index contributed by atoms with van der Waals surface area (Å²) in [5, 5.41) is 3.17. The Hall–Kier alpha value is -1.55. The molecule has 0 aliphatic carbocycles. The molecule has 0 fully saturated rings. The molecule has 0 spiro atoms. The Balaban J connectivity index is 2.20. The van der Waals surface area contributed by atoms with Gasteiger partial charge in [0.2, 0.25) is 0 Å². The van der Waals surface area contributed by atoms with Crippen molar-refractivity contribution in [1.29, 1.82) is 0 Å². The zero-order valence-corrected chi connectivity index (χ0v) is 10.4. The van der Waals surface area contributed by atoms with Crippen LogP contribution in [0.25, 0.3) is 0 Å². The van der Waals surface area contributed by atoms with Gasteiger partial charge in [-0.25, -0.2) is 0 Å². The zero-order valence-electron chi connectivity index (χ0n) is 10.4. The third kappa shape index (κ3) is 2.58. The number of amidine groups is 1. The van der Waals surface area contributed by atoms with Crippen LogP contribution in [0.2, 0.25) is 0 Å². The summed E-state index contributed by atoms with van der Waals surface area (Å²) in [6.07, 6.45) is 0. The van der Waals surface area contributed by atoms with Crippen LogP contribution in [0.5, 0.6) is 5.75 Å². The number of ether oxygens (including phenoxy) is 1. The number of hydrogen-bond acceptors (Lipinski definition) is 4. The van der Waals surface area contributed by atoms with Gasteiger partial charge in [-0.1, -0.05) is 12.1 Å². The van der Waals surface area contributed by atoms with Crippen molar-refractivity contribution >= 4 is 5.84 Å². The molecule has 0 saturated heterocycles. The van der Waals surface area contributed by atoms with Gasteiger partial charge < -0.3 is 15.0 Å². The SMILES string of the molecule is CNCCN1CCN=C1c1ccccc1OC. The van der Waals surface area contributed by atoms with Gasteiger partial charge in [0.1, 0.15) is 11.6 Å². The van der Waals surface area contributed by atoms with Gasteiger partial charge >= 0.3 is 0 Å². The highest BCUT2D eigenvalue weighted by Gasteiger charge is 2.20. The third-order valence-corrected chi connectivity index (χ3v) is 2.91. The number of hydrogen-bond donors (Lipinski definition) is 1. The zero-order chi connectivity index (χ0) is 12.1. The predicted octanol–water partition coefficient (Wildman–Crippen LogP) is 0.977. The molecule has 0 bridgehead atoms. The second-order valence-electron chi connectivity index (χ2n) is 4.00. The number of benzene rings is 1. The van der Waals surface area contributed by atoms with Gasteiger partial charge in [-0.2, -0.15) is 0 Å². The van der Waals surface area contributed by atoms with E-state index in [2.05, 4.69) is 21.3 Å². The van der Waals surface area contributed by atoms with E-state index in [1.54, 1.807) is 7.11 Å². The largest absolute Gasteiger partial charge is 0.496 e. The highest BCUT2D eigenvalue weighted by atomic mass is 16.5. The monoisotopic (exact) mass is 233 g/mol. The summed E-state index contributed by atoms with van der Waals surface area (Å²) in [7, 11) is 3.67. The van der Waals surface area contributed by atoms with E-state index < -0.39 is 0 Å². The van der Waals surface area contributed by atoms with Crippen molar-refractivity contribution in [1.82, 2.24) is 10.2 Å². The van der Waals surface area contributed by atoms with E-state index in [1.807, 2.05) is 25.2 Å². The average Bonchev–Trinajstić information content (AvgIpc) is 2.84. The quantitative estimate of drug-likeness (QED) is 0.823. The fourth-order valence-corrected chi connectivity index (χ4v) is 2.03. The highest BCUT2D eigenvalue weighted by Crippen LogP contribution is 2.21. The fourth-order valence-electron chi connectivity index (χ4n) is 2.03. The first-order valence-electron chi connectivity index (χ1n) is 5.94. The van der Waals surface area contributed by atoms with Gasteiger partial charge in [0.25, 0.3) is 0 Å². The van der Waals surface area contributed by atoms with E-state index in [0.717, 1.165) is 43.3 Å². The first kappa shape index (κ1) is 11.9. The molecule has 4 heteroatoms. The number of nitrogens with one attached hydrogen (secondary N) is 1. The van der Waals surface area contributed by atoms with Crippen molar-refractivity contribution < 1.29 is 4.74 Å².